The molecule has 0 heterocycles. The lowest BCUT2D eigenvalue weighted by Gasteiger charge is -2.31. The van der Waals surface area contributed by atoms with Gasteiger partial charge in [0.05, 0.1) is 0 Å². The van der Waals surface area contributed by atoms with Crippen molar-refractivity contribution < 1.29 is 0 Å². The predicted molar refractivity (Wildman–Crippen MR) is 87.2 cm³/mol. The second kappa shape index (κ2) is 5.65. The Bertz CT molecular complexity index is 600. The Labute approximate surface area is 127 Å². The Kier molecular flexibility index (Phi) is 3.52. The maximum atomic E-state index is 3.99. The Morgan fingerprint density at radius 3 is 2.43 bits per heavy atom. The molecule has 1 fully saturated rings. The minimum atomic E-state index is 0.528. The third-order valence-corrected chi connectivity index (χ3v) is 5.00. The van der Waals surface area contributed by atoms with Crippen LogP contribution in [0.25, 0.3) is 0 Å². The smallest absolute Gasteiger partial charge is 0.0354 e. The number of nitrogens with one attached hydrogen (secondary N) is 1. The van der Waals surface area contributed by atoms with Crippen LogP contribution in [0.5, 0.6) is 0 Å². The molecule has 1 heteroatoms. The number of rotatable bonds is 4. The molecule has 1 nitrogen and oxygen atoms in total. The van der Waals surface area contributed by atoms with Crippen molar-refractivity contribution in [1.82, 2.24) is 5.32 Å². The fraction of sp³-hybridized carbons (Fsp3) is 0.400. The highest BCUT2D eigenvalue weighted by Crippen LogP contribution is 2.43. The van der Waals surface area contributed by atoms with Crippen molar-refractivity contribution in [2.75, 3.05) is 0 Å². The molecule has 21 heavy (non-hydrogen) atoms. The second-order valence-corrected chi connectivity index (χ2v) is 6.54. The van der Waals surface area contributed by atoms with Crippen LogP contribution >= 0.6 is 0 Å². The van der Waals surface area contributed by atoms with Crippen molar-refractivity contribution in [3.8, 4) is 0 Å². The van der Waals surface area contributed by atoms with Gasteiger partial charge >= 0.3 is 0 Å². The van der Waals surface area contributed by atoms with E-state index in [9.17, 15) is 0 Å². The molecule has 108 valence electrons. The van der Waals surface area contributed by atoms with Crippen LogP contribution in [0, 0.1) is 5.92 Å². The lowest BCUT2D eigenvalue weighted by atomic mass is 9.86. The molecule has 0 amide bonds. The molecule has 0 bridgehead atoms. The molecule has 4 rings (SSSR count). The SMILES string of the molecule is c1ccc(C(NC2CCCc3ccccc32)C2CC2)cc1. The topological polar surface area (TPSA) is 12.0 Å². The summed E-state index contributed by atoms with van der Waals surface area (Å²) < 4.78 is 0. The zero-order valence-electron chi connectivity index (χ0n) is 12.5. The quantitative estimate of drug-likeness (QED) is 0.846. The van der Waals surface area contributed by atoms with Gasteiger partial charge in [-0.15, -0.1) is 0 Å². The minimum Gasteiger partial charge on any atom is -0.303 e. The summed E-state index contributed by atoms with van der Waals surface area (Å²) in [7, 11) is 0. The van der Waals surface area contributed by atoms with Crippen LogP contribution in [0.2, 0.25) is 0 Å². The molecule has 2 aromatic carbocycles. The van der Waals surface area contributed by atoms with E-state index in [0.717, 1.165) is 5.92 Å². The lowest BCUT2D eigenvalue weighted by molar-refractivity contribution is 0.374. The van der Waals surface area contributed by atoms with E-state index in [2.05, 4.69) is 59.9 Å². The fourth-order valence-electron chi connectivity index (χ4n) is 3.74. The Morgan fingerprint density at radius 2 is 1.62 bits per heavy atom. The molecule has 1 saturated carbocycles. The number of fused-ring (bicyclic) bond motifs is 1. The first-order chi connectivity index (χ1) is 10.4. The molecule has 0 aromatic heterocycles. The lowest BCUT2D eigenvalue weighted by Crippen LogP contribution is -2.30. The van der Waals surface area contributed by atoms with E-state index >= 15 is 0 Å². The van der Waals surface area contributed by atoms with Crippen molar-refractivity contribution >= 4 is 0 Å². The molecule has 0 aliphatic heterocycles. The van der Waals surface area contributed by atoms with E-state index in [4.69, 9.17) is 0 Å². The monoisotopic (exact) mass is 277 g/mol. The van der Waals surface area contributed by atoms with Crippen molar-refractivity contribution in [1.29, 1.82) is 0 Å². The molecular formula is C20H23N. The summed E-state index contributed by atoms with van der Waals surface area (Å²) in [6.07, 6.45) is 6.57. The molecule has 2 aliphatic rings. The zero-order chi connectivity index (χ0) is 14.1. The zero-order valence-corrected chi connectivity index (χ0v) is 12.5. The van der Waals surface area contributed by atoms with Crippen LogP contribution in [0.3, 0.4) is 0 Å². The molecule has 2 aliphatic carbocycles. The van der Waals surface area contributed by atoms with Gasteiger partial charge in [-0.05, 0) is 54.7 Å². The first-order valence-electron chi connectivity index (χ1n) is 8.30. The summed E-state index contributed by atoms with van der Waals surface area (Å²) in [5.41, 5.74) is 4.54. The van der Waals surface area contributed by atoms with Crippen molar-refractivity contribution in [2.24, 2.45) is 5.92 Å². The van der Waals surface area contributed by atoms with Crippen LogP contribution in [0.1, 0.15) is 54.5 Å². The third kappa shape index (κ3) is 2.75. The highest BCUT2D eigenvalue weighted by molar-refractivity contribution is 5.33. The van der Waals surface area contributed by atoms with Gasteiger partial charge in [-0.3, -0.25) is 0 Å². The van der Waals surface area contributed by atoms with Gasteiger partial charge in [0.1, 0.15) is 0 Å². The molecule has 2 atom stereocenters. The summed E-state index contributed by atoms with van der Waals surface area (Å²) in [5, 5.41) is 3.99. The van der Waals surface area contributed by atoms with Crippen LogP contribution in [-0.4, -0.2) is 0 Å². The van der Waals surface area contributed by atoms with Gasteiger partial charge in [-0.2, -0.15) is 0 Å². The standard InChI is InChI=1S/C20H23N/c1-2-8-16(9-3-1)20(17-13-14-17)21-19-12-6-10-15-7-4-5-11-18(15)19/h1-5,7-9,11,17,19-21H,6,10,12-14H2. The molecular weight excluding hydrogens is 254 g/mol. The van der Waals surface area contributed by atoms with E-state index in [-0.39, 0.29) is 0 Å². The number of hydrogen-bond acceptors (Lipinski definition) is 1. The normalized spacial score (nSPS) is 22.6. The predicted octanol–water partition coefficient (Wildman–Crippen LogP) is 4.80. The van der Waals surface area contributed by atoms with Crippen LogP contribution in [0.15, 0.2) is 54.6 Å². The molecule has 2 aromatic rings. The molecule has 1 N–H and O–H groups in total. The third-order valence-electron chi connectivity index (χ3n) is 5.00. The van der Waals surface area contributed by atoms with Gasteiger partial charge in [0, 0.05) is 12.1 Å². The first kappa shape index (κ1) is 13.1. The van der Waals surface area contributed by atoms with Crippen LogP contribution in [-0.2, 0) is 6.42 Å². The average Bonchev–Trinajstić information content (AvgIpc) is 3.38. The van der Waals surface area contributed by atoms with Gasteiger partial charge in [-0.1, -0.05) is 54.6 Å². The van der Waals surface area contributed by atoms with Crippen molar-refractivity contribution in [3.05, 3.63) is 71.3 Å². The minimum absolute atomic E-state index is 0.528. The van der Waals surface area contributed by atoms with Crippen LogP contribution in [0.4, 0.5) is 0 Å². The molecule has 0 saturated heterocycles. The van der Waals surface area contributed by atoms with E-state index in [1.54, 1.807) is 5.56 Å². The molecule has 2 unspecified atom stereocenters. The van der Waals surface area contributed by atoms with Gasteiger partial charge in [0.2, 0.25) is 0 Å². The van der Waals surface area contributed by atoms with E-state index in [0.29, 0.717) is 12.1 Å². The molecule has 0 radical (unpaired) electrons. The van der Waals surface area contributed by atoms with E-state index in [1.807, 2.05) is 0 Å². The van der Waals surface area contributed by atoms with Gasteiger partial charge in [0.15, 0.2) is 0 Å². The number of benzene rings is 2. The van der Waals surface area contributed by atoms with Gasteiger partial charge in [-0.25, -0.2) is 0 Å². The summed E-state index contributed by atoms with van der Waals surface area (Å²) in [6.45, 7) is 0. The highest BCUT2D eigenvalue weighted by Gasteiger charge is 2.34. The summed E-state index contributed by atoms with van der Waals surface area (Å²) in [5.74, 6) is 0.835. The average molecular weight is 277 g/mol. The van der Waals surface area contributed by atoms with Crippen molar-refractivity contribution in [3.63, 3.8) is 0 Å². The highest BCUT2D eigenvalue weighted by atomic mass is 15.0. The fourth-order valence-corrected chi connectivity index (χ4v) is 3.74. The number of aryl methyl sites for hydroxylation is 1. The summed E-state index contributed by atoms with van der Waals surface area (Å²) in [6, 6.07) is 21.1. The van der Waals surface area contributed by atoms with Crippen molar-refractivity contribution in [2.45, 2.75) is 44.2 Å². The summed E-state index contributed by atoms with van der Waals surface area (Å²) in [4.78, 5) is 0. The summed E-state index contributed by atoms with van der Waals surface area (Å²) >= 11 is 0. The van der Waals surface area contributed by atoms with Crippen LogP contribution < -0.4 is 5.32 Å². The second-order valence-electron chi connectivity index (χ2n) is 6.54. The Hall–Kier alpha value is -1.60. The Morgan fingerprint density at radius 1 is 0.857 bits per heavy atom. The van der Waals surface area contributed by atoms with Gasteiger partial charge < -0.3 is 5.32 Å². The first-order valence-corrected chi connectivity index (χ1v) is 8.30. The Balaban J connectivity index is 1.60. The maximum absolute atomic E-state index is 3.99. The van der Waals surface area contributed by atoms with E-state index < -0.39 is 0 Å². The maximum Gasteiger partial charge on any atom is 0.0354 e. The molecule has 0 spiro atoms. The van der Waals surface area contributed by atoms with E-state index in [1.165, 1.54) is 43.2 Å². The van der Waals surface area contributed by atoms with Gasteiger partial charge in [0.25, 0.3) is 0 Å². The largest absolute Gasteiger partial charge is 0.303 e. The number of hydrogen-bond donors (Lipinski definition) is 1.